The minimum absolute atomic E-state index is 0.124. The van der Waals surface area contributed by atoms with Crippen molar-refractivity contribution in [2.24, 2.45) is 0 Å². The number of hydrogen-bond donors (Lipinski definition) is 2. The highest BCUT2D eigenvalue weighted by Crippen LogP contribution is 2.19. The van der Waals surface area contributed by atoms with Gasteiger partial charge in [-0.2, -0.15) is 5.26 Å². The first kappa shape index (κ1) is 14.6. The summed E-state index contributed by atoms with van der Waals surface area (Å²) in [5, 5.41) is 14.5. The summed E-state index contributed by atoms with van der Waals surface area (Å²) in [5.74, 6) is 0.413. The number of nitrogens with one attached hydrogen (secondary N) is 2. The molecule has 2 N–H and O–H groups in total. The first-order chi connectivity index (χ1) is 11.1. The molecular formula is C17H14N4O2. The van der Waals surface area contributed by atoms with Crippen molar-refractivity contribution in [3.8, 4) is 6.07 Å². The second-order valence-corrected chi connectivity index (χ2v) is 5.01. The second kappa shape index (κ2) is 6.20. The van der Waals surface area contributed by atoms with Gasteiger partial charge in [0.1, 0.15) is 5.52 Å². The van der Waals surface area contributed by atoms with Crippen LogP contribution in [0.5, 0.6) is 0 Å². The van der Waals surface area contributed by atoms with Crippen LogP contribution in [0.3, 0.4) is 0 Å². The minimum Gasteiger partial charge on any atom is -0.441 e. The number of rotatable bonds is 4. The molecule has 0 fully saturated rings. The monoisotopic (exact) mass is 306 g/mol. The molecular weight excluding hydrogens is 292 g/mol. The van der Waals surface area contributed by atoms with Crippen molar-refractivity contribution in [2.75, 3.05) is 17.2 Å². The Morgan fingerprint density at radius 2 is 1.96 bits per heavy atom. The summed E-state index contributed by atoms with van der Waals surface area (Å²) in [6, 6.07) is 14.3. The van der Waals surface area contributed by atoms with Crippen LogP contribution in [0, 0.1) is 18.3 Å². The van der Waals surface area contributed by atoms with Crippen LogP contribution in [0.2, 0.25) is 0 Å². The van der Waals surface area contributed by atoms with Gasteiger partial charge in [-0.25, -0.2) is 4.98 Å². The van der Waals surface area contributed by atoms with Crippen molar-refractivity contribution in [2.45, 2.75) is 6.92 Å². The number of hydrogen-bond acceptors (Lipinski definition) is 5. The Morgan fingerprint density at radius 3 is 2.70 bits per heavy atom. The van der Waals surface area contributed by atoms with Gasteiger partial charge in [-0.1, -0.05) is 0 Å². The van der Waals surface area contributed by atoms with Gasteiger partial charge in [0.05, 0.1) is 18.2 Å². The van der Waals surface area contributed by atoms with Crippen molar-refractivity contribution in [3.63, 3.8) is 0 Å². The van der Waals surface area contributed by atoms with Crippen LogP contribution in [0.25, 0.3) is 11.1 Å². The number of fused-ring (bicyclic) bond motifs is 1. The maximum Gasteiger partial charge on any atom is 0.243 e. The molecule has 0 saturated carbocycles. The van der Waals surface area contributed by atoms with Crippen LogP contribution in [-0.4, -0.2) is 17.4 Å². The summed E-state index contributed by atoms with van der Waals surface area (Å²) in [6.45, 7) is 1.90. The zero-order chi connectivity index (χ0) is 16.2. The number of nitriles is 1. The summed E-state index contributed by atoms with van der Waals surface area (Å²) in [4.78, 5) is 16.2. The third kappa shape index (κ3) is 3.47. The molecule has 3 rings (SSSR count). The van der Waals surface area contributed by atoms with Crippen molar-refractivity contribution in [1.29, 1.82) is 5.26 Å². The first-order valence-corrected chi connectivity index (χ1v) is 7.05. The van der Waals surface area contributed by atoms with E-state index in [1.54, 1.807) is 49.4 Å². The van der Waals surface area contributed by atoms with Gasteiger partial charge in [-0.15, -0.1) is 0 Å². The van der Waals surface area contributed by atoms with Crippen LogP contribution in [-0.2, 0) is 4.79 Å². The molecule has 0 spiro atoms. The Bertz CT molecular complexity index is 891. The fourth-order valence-corrected chi connectivity index (χ4v) is 2.17. The summed E-state index contributed by atoms with van der Waals surface area (Å²) >= 11 is 0. The number of aromatic nitrogens is 1. The van der Waals surface area contributed by atoms with E-state index in [-0.39, 0.29) is 12.5 Å². The highest BCUT2D eigenvalue weighted by Gasteiger charge is 2.06. The largest absolute Gasteiger partial charge is 0.441 e. The summed E-state index contributed by atoms with van der Waals surface area (Å²) in [6.07, 6.45) is 0. The molecule has 0 aliphatic heterocycles. The van der Waals surface area contributed by atoms with Gasteiger partial charge < -0.3 is 15.1 Å². The van der Waals surface area contributed by atoms with Crippen molar-refractivity contribution < 1.29 is 9.21 Å². The average molecular weight is 306 g/mol. The Labute approximate surface area is 132 Å². The van der Waals surface area contributed by atoms with Gasteiger partial charge in [-0.05, 0) is 36.4 Å². The van der Waals surface area contributed by atoms with Crippen LogP contribution >= 0.6 is 0 Å². The molecule has 3 aromatic rings. The van der Waals surface area contributed by atoms with Gasteiger partial charge in [0.25, 0.3) is 0 Å². The van der Waals surface area contributed by atoms with Gasteiger partial charge in [0, 0.05) is 24.4 Å². The predicted octanol–water partition coefficient (Wildman–Crippen LogP) is 3.06. The van der Waals surface area contributed by atoms with Crippen LogP contribution in [0.4, 0.5) is 11.4 Å². The number of oxazole rings is 1. The topological polar surface area (TPSA) is 91.0 Å². The molecule has 1 heterocycles. The Hall–Kier alpha value is -3.33. The molecule has 0 aliphatic rings. The van der Waals surface area contributed by atoms with E-state index in [1.807, 2.05) is 6.07 Å². The molecule has 6 heteroatoms. The van der Waals surface area contributed by atoms with E-state index < -0.39 is 0 Å². The molecule has 0 saturated heterocycles. The number of amides is 1. The lowest BCUT2D eigenvalue weighted by atomic mass is 10.2. The van der Waals surface area contributed by atoms with Crippen molar-refractivity contribution in [3.05, 3.63) is 53.9 Å². The molecule has 23 heavy (non-hydrogen) atoms. The quantitative estimate of drug-likeness (QED) is 0.773. The number of benzene rings is 2. The van der Waals surface area contributed by atoms with Crippen LogP contribution in [0.1, 0.15) is 11.5 Å². The molecule has 0 bridgehead atoms. The fraction of sp³-hybridized carbons (Fsp3) is 0.118. The third-order valence-corrected chi connectivity index (χ3v) is 3.25. The van der Waals surface area contributed by atoms with E-state index in [0.717, 1.165) is 11.2 Å². The van der Waals surface area contributed by atoms with E-state index in [4.69, 9.17) is 9.68 Å². The normalized spacial score (nSPS) is 10.3. The smallest absolute Gasteiger partial charge is 0.243 e. The van der Waals surface area contributed by atoms with Crippen LogP contribution < -0.4 is 10.6 Å². The predicted molar refractivity (Wildman–Crippen MR) is 87.0 cm³/mol. The Morgan fingerprint density at radius 1 is 1.22 bits per heavy atom. The zero-order valence-corrected chi connectivity index (χ0v) is 12.5. The van der Waals surface area contributed by atoms with Crippen molar-refractivity contribution in [1.82, 2.24) is 4.98 Å². The maximum atomic E-state index is 12.0. The van der Waals surface area contributed by atoms with Gasteiger partial charge in [0.2, 0.25) is 5.91 Å². The molecule has 0 aliphatic carbocycles. The maximum absolute atomic E-state index is 12.0. The fourth-order valence-electron chi connectivity index (χ4n) is 2.17. The van der Waals surface area contributed by atoms with E-state index in [2.05, 4.69) is 15.6 Å². The highest BCUT2D eigenvalue weighted by atomic mass is 16.3. The molecule has 0 unspecified atom stereocenters. The minimum atomic E-state index is -0.176. The number of nitrogens with zero attached hydrogens (tertiary/aromatic N) is 2. The van der Waals surface area contributed by atoms with E-state index in [1.165, 1.54) is 0 Å². The summed E-state index contributed by atoms with van der Waals surface area (Å²) < 4.78 is 5.44. The number of carbonyl (C=O) groups excluding carboxylic acids is 1. The van der Waals surface area contributed by atoms with E-state index in [9.17, 15) is 4.79 Å². The van der Waals surface area contributed by atoms with Gasteiger partial charge in [0.15, 0.2) is 11.5 Å². The first-order valence-electron chi connectivity index (χ1n) is 7.05. The Balaban J connectivity index is 1.60. The third-order valence-electron chi connectivity index (χ3n) is 3.25. The van der Waals surface area contributed by atoms with Gasteiger partial charge in [-0.3, -0.25) is 4.79 Å². The average Bonchev–Trinajstić information content (AvgIpc) is 2.92. The molecule has 6 nitrogen and oxygen atoms in total. The van der Waals surface area contributed by atoms with Crippen LogP contribution in [0.15, 0.2) is 46.9 Å². The standard InChI is InChI=1S/C17H14N4O2/c1-11-20-15-7-6-14(8-16(15)23-11)21-17(22)10-19-13-4-2-12(9-18)3-5-13/h2-8,19H,10H2,1H3,(H,21,22). The van der Waals surface area contributed by atoms with Crippen molar-refractivity contribution >= 4 is 28.4 Å². The molecule has 0 radical (unpaired) electrons. The second-order valence-electron chi connectivity index (χ2n) is 5.01. The number of aryl methyl sites for hydroxylation is 1. The lowest BCUT2D eigenvalue weighted by Gasteiger charge is -2.07. The number of anilines is 2. The molecule has 1 aromatic heterocycles. The van der Waals surface area contributed by atoms with E-state index in [0.29, 0.717) is 22.7 Å². The SMILES string of the molecule is Cc1nc2ccc(NC(=O)CNc3ccc(C#N)cc3)cc2o1. The highest BCUT2D eigenvalue weighted by molar-refractivity contribution is 5.95. The molecule has 2 aromatic carbocycles. The lowest BCUT2D eigenvalue weighted by molar-refractivity contribution is -0.114. The van der Waals surface area contributed by atoms with E-state index >= 15 is 0 Å². The summed E-state index contributed by atoms with van der Waals surface area (Å²) in [5.41, 5.74) is 3.41. The number of carbonyl (C=O) groups is 1. The summed E-state index contributed by atoms with van der Waals surface area (Å²) in [7, 11) is 0. The zero-order valence-electron chi connectivity index (χ0n) is 12.5. The lowest BCUT2D eigenvalue weighted by Crippen LogP contribution is -2.21. The molecule has 0 atom stereocenters. The van der Waals surface area contributed by atoms with Gasteiger partial charge >= 0.3 is 0 Å². The Kier molecular flexibility index (Phi) is 3.93. The molecule has 1 amide bonds. The molecule has 114 valence electrons.